The Balaban J connectivity index is 1.67. The molecule has 0 aromatic heterocycles. The highest BCUT2D eigenvalue weighted by Gasteiger charge is 2.13. The van der Waals surface area contributed by atoms with Gasteiger partial charge in [-0.1, -0.05) is 42.5 Å². The van der Waals surface area contributed by atoms with Crippen molar-refractivity contribution in [3.8, 4) is 0 Å². The molecule has 0 unspecified atom stereocenters. The van der Waals surface area contributed by atoms with Crippen LogP contribution in [0.15, 0.2) is 84.0 Å². The predicted molar refractivity (Wildman–Crippen MR) is 117 cm³/mol. The third-order valence-electron chi connectivity index (χ3n) is 4.25. The third-order valence-corrected chi connectivity index (χ3v) is 4.25. The number of hydrogen-bond acceptors (Lipinski definition) is 4. The molecule has 0 fully saturated rings. The van der Waals surface area contributed by atoms with Gasteiger partial charge in [0.05, 0.1) is 17.5 Å². The Bertz CT molecular complexity index is 1010. The van der Waals surface area contributed by atoms with Gasteiger partial charge < -0.3 is 10.2 Å². The van der Waals surface area contributed by atoms with Crippen LogP contribution in [-0.4, -0.2) is 32.1 Å². The van der Waals surface area contributed by atoms with E-state index in [9.17, 15) is 9.59 Å². The summed E-state index contributed by atoms with van der Waals surface area (Å²) < 4.78 is 0. The Morgan fingerprint density at radius 1 is 0.828 bits per heavy atom. The molecule has 0 aliphatic carbocycles. The van der Waals surface area contributed by atoms with E-state index in [0.29, 0.717) is 16.8 Å². The number of anilines is 2. The first-order chi connectivity index (χ1) is 14.0. The molecule has 0 saturated heterocycles. The molecule has 3 aromatic carbocycles. The van der Waals surface area contributed by atoms with Crippen molar-refractivity contribution >= 4 is 29.4 Å². The number of amides is 2. The molecule has 0 aliphatic heterocycles. The second-order valence-corrected chi connectivity index (χ2v) is 6.55. The van der Waals surface area contributed by atoms with Crippen molar-refractivity contribution in [2.45, 2.75) is 0 Å². The van der Waals surface area contributed by atoms with E-state index in [-0.39, 0.29) is 5.91 Å². The van der Waals surface area contributed by atoms with E-state index in [4.69, 9.17) is 0 Å². The van der Waals surface area contributed by atoms with Crippen LogP contribution in [0.3, 0.4) is 0 Å². The van der Waals surface area contributed by atoms with Gasteiger partial charge >= 0.3 is 0 Å². The van der Waals surface area contributed by atoms with E-state index in [1.165, 1.54) is 0 Å². The molecule has 0 aliphatic rings. The van der Waals surface area contributed by atoms with Crippen LogP contribution in [0.4, 0.5) is 11.4 Å². The lowest BCUT2D eigenvalue weighted by Crippen LogP contribution is -2.21. The van der Waals surface area contributed by atoms with Gasteiger partial charge in [0.15, 0.2) is 0 Å². The summed E-state index contributed by atoms with van der Waals surface area (Å²) in [5, 5.41) is 6.80. The maximum Gasteiger partial charge on any atom is 0.273 e. The molecule has 0 radical (unpaired) electrons. The van der Waals surface area contributed by atoms with Gasteiger partial charge in [0.1, 0.15) is 0 Å². The van der Waals surface area contributed by atoms with Crippen LogP contribution < -0.4 is 15.6 Å². The van der Waals surface area contributed by atoms with E-state index in [1.807, 2.05) is 49.3 Å². The summed E-state index contributed by atoms with van der Waals surface area (Å²) >= 11 is 0. The van der Waals surface area contributed by atoms with Crippen molar-refractivity contribution < 1.29 is 9.59 Å². The summed E-state index contributed by atoms with van der Waals surface area (Å²) in [4.78, 5) is 26.9. The zero-order chi connectivity index (χ0) is 20.6. The molecule has 2 N–H and O–H groups in total. The lowest BCUT2D eigenvalue weighted by atomic mass is 10.1. The fourth-order valence-corrected chi connectivity index (χ4v) is 2.66. The third kappa shape index (κ3) is 5.29. The van der Waals surface area contributed by atoms with E-state index in [1.54, 1.807) is 54.7 Å². The zero-order valence-electron chi connectivity index (χ0n) is 16.3. The van der Waals surface area contributed by atoms with Crippen molar-refractivity contribution in [1.29, 1.82) is 0 Å². The highest BCUT2D eigenvalue weighted by molar-refractivity contribution is 6.09. The maximum atomic E-state index is 12.5. The number of benzene rings is 3. The average Bonchev–Trinajstić information content (AvgIpc) is 2.75. The molecule has 146 valence electrons. The fraction of sp³-hybridized carbons (Fsp3) is 0.0870. The van der Waals surface area contributed by atoms with E-state index in [0.717, 1.165) is 11.3 Å². The van der Waals surface area contributed by atoms with Crippen molar-refractivity contribution in [3.05, 3.63) is 95.6 Å². The average molecular weight is 386 g/mol. The van der Waals surface area contributed by atoms with Crippen LogP contribution >= 0.6 is 0 Å². The number of nitrogens with one attached hydrogen (secondary N) is 2. The van der Waals surface area contributed by atoms with Crippen LogP contribution in [0.1, 0.15) is 26.3 Å². The molecular weight excluding hydrogens is 364 g/mol. The normalized spacial score (nSPS) is 10.6. The monoisotopic (exact) mass is 386 g/mol. The maximum absolute atomic E-state index is 12.5. The van der Waals surface area contributed by atoms with Gasteiger partial charge in [-0.2, -0.15) is 5.10 Å². The Hall–Kier alpha value is -3.93. The first kappa shape index (κ1) is 19.8. The quantitative estimate of drug-likeness (QED) is 0.500. The molecule has 2 amide bonds. The van der Waals surface area contributed by atoms with Crippen molar-refractivity contribution in [1.82, 2.24) is 5.43 Å². The standard InChI is InChI=1S/C23H22N4O2/c1-27(2)19-14-12-17(13-15-19)16-24-26-23(29)20-10-6-7-11-21(20)25-22(28)18-8-4-3-5-9-18/h3-16H,1-2H3,(H,25,28)(H,26,29)/b24-16-. The van der Waals surface area contributed by atoms with Crippen molar-refractivity contribution in [3.63, 3.8) is 0 Å². The summed E-state index contributed by atoms with van der Waals surface area (Å²) in [6.45, 7) is 0. The summed E-state index contributed by atoms with van der Waals surface area (Å²) in [7, 11) is 3.94. The molecule has 0 spiro atoms. The Kier molecular flexibility index (Phi) is 6.37. The summed E-state index contributed by atoms with van der Waals surface area (Å²) in [5.74, 6) is -0.689. The van der Waals surface area contributed by atoms with Crippen LogP contribution in [-0.2, 0) is 0 Å². The van der Waals surface area contributed by atoms with E-state index in [2.05, 4.69) is 15.8 Å². The zero-order valence-corrected chi connectivity index (χ0v) is 16.3. The Morgan fingerprint density at radius 2 is 1.48 bits per heavy atom. The summed E-state index contributed by atoms with van der Waals surface area (Å²) in [6.07, 6.45) is 1.57. The molecule has 6 heteroatoms. The second-order valence-electron chi connectivity index (χ2n) is 6.55. The van der Waals surface area contributed by atoms with Gasteiger partial charge in [-0.05, 0) is 42.0 Å². The van der Waals surface area contributed by atoms with Gasteiger partial charge in [-0.25, -0.2) is 5.43 Å². The number of hydrogen-bond donors (Lipinski definition) is 2. The van der Waals surface area contributed by atoms with Crippen LogP contribution in [0, 0.1) is 0 Å². The number of rotatable bonds is 6. The highest BCUT2D eigenvalue weighted by atomic mass is 16.2. The number of hydrazone groups is 1. The molecule has 0 saturated carbocycles. The van der Waals surface area contributed by atoms with Gasteiger partial charge in [0, 0.05) is 25.3 Å². The Morgan fingerprint density at radius 3 is 2.17 bits per heavy atom. The molecule has 0 atom stereocenters. The number of nitrogens with zero attached hydrogens (tertiary/aromatic N) is 2. The summed E-state index contributed by atoms with van der Waals surface area (Å²) in [6, 6.07) is 23.4. The topological polar surface area (TPSA) is 73.8 Å². The van der Waals surface area contributed by atoms with E-state index >= 15 is 0 Å². The minimum absolute atomic E-state index is 0.282. The molecule has 0 heterocycles. The van der Waals surface area contributed by atoms with Crippen molar-refractivity contribution in [2.75, 3.05) is 24.3 Å². The number of carbonyl (C=O) groups is 2. The van der Waals surface area contributed by atoms with Crippen LogP contribution in [0.2, 0.25) is 0 Å². The smallest absolute Gasteiger partial charge is 0.273 e. The molecule has 29 heavy (non-hydrogen) atoms. The lowest BCUT2D eigenvalue weighted by molar-refractivity contribution is 0.0956. The summed E-state index contributed by atoms with van der Waals surface area (Å²) in [5.41, 5.74) is 5.71. The molecule has 3 aromatic rings. The van der Waals surface area contributed by atoms with Gasteiger partial charge in [-0.15, -0.1) is 0 Å². The fourth-order valence-electron chi connectivity index (χ4n) is 2.66. The van der Waals surface area contributed by atoms with Gasteiger partial charge in [0.2, 0.25) is 0 Å². The lowest BCUT2D eigenvalue weighted by Gasteiger charge is -2.11. The molecule has 0 bridgehead atoms. The van der Waals surface area contributed by atoms with Gasteiger partial charge in [-0.3, -0.25) is 9.59 Å². The van der Waals surface area contributed by atoms with Crippen LogP contribution in [0.5, 0.6) is 0 Å². The van der Waals surface area contributed by atoms with Crippen molar-refractivity contribution in [2.24, 2.45) is 5.10 Å². The Labute approximate surface area is 169 Å². The second kappa shape index (κ2) is 9.32. The first-order valence-electron chi connectivity index (χ1n) is 9.11. The van der Waals surface area contributed by atoms with Gasteiger partial charge in [0.25, 0.3) is 11.8 Å². The van der Waals surface area contributed by atoms with E-state index < -0.39 is 5.91 Å². The highest BCUT2D eigenvalue weighted by Crippen LogP contribution is 2.16. The number of carbonyl (C=O) groups excluding carboxylic acids is 2. The SMILES string of the molecule is CN(C)c1ccc(/C=N\NC(=O)c2ccccc2NC(=O)c2ccccc2)cc1. The van der Waals surface area contributed by atoms with Crippen LogP contribution in [0.25, 0.3) is 0 Å². The number of para-hydroxylation sites is 1. The largest absolute Gasteiger partial charge is 0.378 e. The minimum atomic E-state index is -0.407. The molecule has 3 rings (SSSR count). The predicted octanol–water partition coefficient (Wildman–Crippen LogP) is 3.77. The minimum Gasteiger partial charge on any atom is -0.378 e. The first-order valence-corrected chi connectivity index (χ1v) is 9.11. The molecular formula is C23H22N4O2. The molecule has 6 nitrogen and oxygen atoms in total.